The molecule has 0 aliphatic heterocycles. The minimum Gasteiger partial charge on any atom is -0.378 e. The van der Waals surface area contributed by atoms with Crippen LogP contribution >= 0.6 is 11.3 Å². The van der Waals surface area contributed by atoms with Gasteiger partial charge in [0.1, 0.15) is 0 Å². The van der Waals surface area contributed by atoms with Gasteiger partial charge in [-0.05, 0) is 59.9 Å². The van der Waals surface area contributed by atoms with Gasteiger partial charge in [-0.25, -0.2) is 0 Å². The first-order valence-electron chi connectivity index (χ1n) is 6.71. The summed E-state index contributed by atoms with van der Waals surface area (Å²) in [6.07, 6.45) is 6.20. The summed E-state index contributed by atoms with van der Waals surface area (Å²) in [6.45, 7) is 4.70. The number of rotatable bonds is 4. The fourth-order valence-electron chi connectivity index (χ4n) is 3.05. The molecular formula is C15H24OS. The van der Waals surface area contributed by atoms with Crippen molar-refractivity contribution in [2.24, 2.45) is 11.8 Å². The minimum absolute atomic E-state index is 0.118. The van der Waals surface area contributed by atoms with Crippen molar-refractivity contribution in [1.82, 2.24) is 0 Å². The van der Waals surface area contributed by atoms with Gasteiger partial charge in [-0.3, -0.25) is 0 Å². The van der Waals surface area contributed by atoms with Gasteiger partial charge in [-0.2, -0.15) is 11.3 Å². The summed E-state index contributed by atoms with van der Waals surface area (Å²) in [5, 5.41) is 4.42. The van der Waals surface area contributed by atoms with E-state index < -0.39 is 0 Å². The molecule has 1 aliphatic carbocycles. The van der Waals surface area contributed by atoms with Crippen molar-refractivity contribution in [1.29, 1.82) is 0 Å². The van der Waals surface area contributed by atoms with Gasteiger partial charge in [0, 0.05) is 13.5 Å². The highest BCUT2D eigenvalue weighted by atomic mass is 32.1. The molecule has 0 bridgehead atoms. The number of hydrogen-bond donors (Lipinski definition) is 0. The molecule has 1 aromatic rings. The molecule has 1 aliphatic rings. The predicted molar refractivity (Wildman–Crippen MR) is 74.6 cm³/mol. The third-order valence-corrected chi connectivity index (χ3v) is 5.16. The van der Waals surface area contributed by atoms with E-state index in [1.165, 1.54) is 31.2 Å². The molecule has 0 atom stereocenters. The summed E-state index contributed by atoms with van der Waals surface area (Å²) in [6, 6.07) is 2.24. The second-order valence-corrected chi connectivity index (χ2v) is 6.56. The molecule has 1 nitrogen and oxygen atoms in total. The van der Waals surface area contributed by atoms with Gasteiger partial charge >= 0.3 is 0 Å². The summed E-state index contributed by atoms with van der Waals surface area (Å²) < 4.78 is 5.88. The Labute approximate surface area is 109 Å². The van der Waals surface area contributed by atoms with Crippen LogP contribution in [0.3, 0.4) is 0 Å². The lowest BCUT2D eigenvalue weighted by Crippen LogP contribution is -2.39. The lowest BCUT2D eigenvalue weighted by atomic mass is 9.72. The van der Waals surface area contributed by atoms with E-state index in [1.807, 2.05) is 7.11 Å². The molecule has 2 heteroatoms. The Kier molecular flexibility index (Phi) is 4.26. The van der Waals surface area contributed by atoms with Crippen molar-refractivity contribution >= 4 is 11.3 Å². The van der Waals surface area contributed by atoms with Gasteiger partial charge in [-0.1, -0.05) is 13.8 Å². The molecular weight excluding hydrogens is 228 g/mol. The largest absolute Gasteiger partial charge is 0.378 e. The third kappa shape index (κ3) is 3.11. The summed E-state index contributed by atoms with van der Waals surface area (Å²) in [5.41, 5.74) is 1.56. The molecule has 2 rings (SSSR count). The average Bonchev–Trinajstić information content (AvgIpc) is 2.82. The van der Waals surface area contributed by atoms with Crippen LogP contribution in [0.4, 0.5) is 0 Å². The normalized spacial score (nSPS) is 29.8. The van der Waals surface area contributed by atoms with E-state index >= 15 is 0 Å². The Morgan fingerprint density at radius 2 is 2.12 bits per heavy atom. The first-order valence-corrected chi connectivity index (χ1v) is 7.66. The summed E-state index contributed by atoms with van der Waals surface area (Å²) in [7, 11) is 1.89. The maximum Gasteiger partial charge on any atom is 0.0719 e. The second kappa shape index (κ2) is 5.53. The maximum absolute atomic E-state index is 5.88. The lowest BCUT2D eigenvalue weighted by molar-refractivity contribution is -0.0525. The van der Waals surface area contributed by atoms with Gasteiger partial charge in [0.2, 0.25) is 0 Å². The van der Waals surface area contributed by atoms with Gasteiger partial charge in [0.15, 0.2) is 0 Å². The highest BCUT2D eigenvalue weighted by molar-refractivity contribution is 7.07. The lowest BCUT2D eigenvalue weighted by Gasteiger charge is -2.40. The second-order valence-electron chi connectivity index (χ2n) is 5.78. The van der Waals surface area contributed by atoms with E-state index in [2.05, 4.69) is 30.7 Å². The van der Waals surface area contributed by atoms with Crippen molar-refractivity contribution in [3.8, 4) is 0 Å². The van der Waals surface area contributed by atoms with Crippen molar-refractivity contribution in [2.45, 2.75) is 51.6 Å². The van der Waals surface area contributed by atoms with Gasteiger partial charge < -0.3 is 4.74 Å². The molecule has 1 aromatic heterocycles. The Hall–Kier alpha value is -0.340. The Morgan fingerprint density at radius 3 is 2.59 bits per heavy atom. The van der Waals surface area contributed by atoms with Crippen LogP contribution in [0.2, 0.25) is 0 Å². The zero-order valence-electron chi connectivity index (χ0n) is 11.2. The molecule has 17 heavy (non-hydrogen) atoms. The first kappa shape index (κ1) is 13.1. The Morgan fingerprint density at radius 1 is 1.41 bits per heavy atom. The standard InChI is InChI=1S/C15H24OS/c1-12(2)14-4-7-15(16-3,8-5-14)10-13-6-9-17-11-13/h6,9,11-12,14H,4-5,7-8,10H2,1-3H3. The summed E-state index contributed by atoms with van der Waals surface area (Å²) in [4.78, 5) is 0. The van der Waals surface area contributed by atoms with Crippen LogP contribution in [-0.2, 0) is 11.2 Å². The smallest absolute Gasteiger partial charge is 0.0719 e. The van der Waals surface area contributed by atoms with Crippen molar-refractivity contribution < 1.29 is 4.74 Å². The zero-order chi connectivity index (χ0) is 12.3. The molecule has 1 saturated carbocycles. The van der Waals surface area contributed by atoms with Crippen molar-refractivity contribution in [2.75, 3.05) is 7.11 Å². The van der Waals surface area contributed by atoms with Crippen LogP contribution < -0.4 is 0 Å². The van der Waals surface area contributed by atoms with E-state index in [1.54, 1.807) is 11.3 Å². The quantitative estimate of drug-likeness (QED) is 0.765. The van der Waals surface area contributed by atoms with Crippen molar-refractivity contribution in [3.63, 3.8) is 0 Å². The van der Waals surface area contributed by atoms with Gasteiger partial charge in [-0.15, -0.1) is 0 Å². The first-order chi connectivity index (χ1) is 8.15. The van der Waals surface area contributed by atoms with Gasteiger partial charge in [0.05, 0.1) is 5.60 Å². The molecule has 0 radical (unpaired) electrons. The monoisotopic (exact) mass is 252 g/mol. The van der Waals surface area contributed by atoms with Crippen molar-refractivity contribution in [3.05, 3.63) is 22.4 Å². The predicted octanol–water partition coefficient (Wildman–Crippen LogP) is 4.52. The Bertz CT molecular complexity index is 321. The van der Waals surface area contributed by atoms with E-state index in [9.17, 15) is 0 Å². The van der Waals surface area contributed by atoms with Crippen LogP contribution in [-0.4, -0.2) is 12.7 Å². The number of methoxy groups -OCH3 is 1. The van der Waals surface area contributed by atoms with E-state index in [0.717, 1.165) is 18.3 Å². The molecule has 1 heterocycles. The molecule has 96 valence electrons. The fraction of sp³-hybridized carbons (Fsp3) is 0.733. The van der Waals surface area contributed by atoms with Gasteiger partial charge in [0.25, 0.3) is 0 Å². The molecule has 0 N–H and O–H groups in total. The number of hydrogen-bond acceptors (Lipinski definition) is 2. The van der Waals surface area contributed by atoms with Crippen LogP contribution in [0.15, 0.2) is 16.8 Å². The maximum atomic E-state index is 5.88. The summed E-state index contributed by atoms with van der Waals surface area (Å²) in [5.74, 6) is 1.73. The zero-order valence-corrected chi connectivity index (χ0v) is 12.1. The van der Waals surface area contributed by atoms with Crippen LogP contribution in [0.25, 0.3) is 0 Å². The number of thiophene rings is 1. The molecule has 0 aromatic carbocycles. The minimum atomic E-state index is 0.118. The molecule has 0 spiro atoms. The Balaban J connectivity index is 1.98. The number of ether oxygens (including phenoxy) is 1. The van der Waals surface area contributed by atoms with Crippen LogP contribution in [0, 0.1) is 11.8 Å². The van der Waals surface area contributed by atoms with Crippen LogP contribution in [0.1, 0.15) is 45.1 Å². The average molecular weight is 252 g/mol. The molecule has 1 fully saturated rings. The molecule has 0 amide bonds. The van der Waals surface area contributed by atoms with E-state index in [0.29, 0.717) is 0 Å². The van der Waals surface area contributed by atoms with E-state index in [-0.39, 0.29) is 5.60 Å². The highest BCUT2D eigenvalue weighted by Crippen LogP contribution is 2.39. The third-order valence-electron chi connectivity index (χ3n) is 4.42. The molecule has 0 unspecified atom stereocenters. The van der Waals surface area contributed by atoms with E-state index in [4.69, 9.17) is 4.74 Å². The van der Waals surface area contributed by atoms with Crippen LogP contribution in [0.5, 0.6) is 0 Å². The highest BCUT2D eigenvalue weighted by Gasteiger charge is 2.36. The topological polar surface area (TPSA) is 9.23 Å². The molecule has 0 saturated heterocycles. The SMILES string of the molecule is COC1(Cc2ccsc2)CCC(C(C)C)CC1. The summed E-state index contributed by atoms with van der Waals surface area (Å²) >= 11 is 1.79. The fourth-order valence-corrected chi connectivity index (χ4v) is 3.72.